The molecule has 10 nitrogen and oxygen atoms in total. The molecule has 3 heterocycles. The number of amides is 2. The number of benzene rings is 3. The predicted octanol–water partition coefficient (Wildman–Crippen LogP) is 3.99. The number of fused-ring (bicyclic) bond motifs is 2. The standard InChI is InChI=1S/C33H31Cl2N3O7/c1-45-29-13-21(20-7-3-4-8-25(20)34)26(35)12-22(29)30(41)37-15-19-10-11-28(36(19)14-18-6-2-5-9-27(18)37)33(44)38-31(42)23(16-39)24(17-40)32(38)43/h2-13,23-24,31-32,39-40,42-43H,14-17H2,1H3/t23-,24-,31-,32-/m0/s1. The number of carbonyl (C=O) groups excluding carboxylic acids is 2. The molecule has 0 saturated carbocycles. The minimum Gasteiger partial charge on any atom is -0.496 e. The Bertz CT molecular complexity index is 1760. The molecule has 12 heteroatoms. The van der Waals surface area contributed by atoms with Gasteiger partial charge in [0.2, 0.25) is 0 Å². The molecule has 4 aromatic rings. The Morgan fingerprint density at radius 1 is 0.822 bits per heavy atom. The molecule has 45 heavy (non-hydrogen) atoms. The summed E-state index contributed by atoms with van der Waals surface area (Å²) in [4.78, 5) is 30.6. The van der Waals surface area contributed by atoms with Crippen molar-refractivity contribution >= 4 is 40.7 Å². The van der Waals surface area contributed by atoms with Crippen LogP contribution in [0.5, 0.6) is 5.75 Å². The van der Waals surface area contributed by atoms with E-state index in [4.69, 9.17) is 27.9 Å². The van der Waals surface area contributed by atoms with Crippen LogP contribution in [0.3, 0.4) is 0 Å². The summed E-state index contributed by atoms with van der Waals surface area (Å²) in [7, 11) is 1.47. The maximum Gasteiger partial charge on any atom is 0.274 e. The van der Waals surface area contributed by atoms with Crippen molar-refractivity contribution in [3.05, 3.63) is 105 Å². The van der Waals surface area contributed by atoms with E-state index in [0.717, 1.165) is 10.5 Å². The van der Waals surface area contributed by atoms with Crippen LogP contribution in [0.25, 0.3) is 11.1 Å². The van der Waals surface area contributed by atoms with Gasteiger partial charge < -0.3 is 34.6 Å². The topological polar surface area (TPSA) is 136 Å². The summed E-state index contributed by atoms with van der Waals surface area (Å²) in [6.07, 6.45) is -2.99. The molecule has 2 aliphatic heterocycles. The van der Waals surface area contributed by atoms with Crippen LogP contribution in [0.2, 0.25) is 10.0 Å². The second kappa shape index (κ2) is 12.5. The first kappa shape index (κ1) is 31.1. The number of anilines is 1. The minimum atomic E-state index is -1.50. The van der Waals surface area contributed by atoms with E-state index in [0.29, 0.717) is 38.3 Å². The molecule has 0 bridgehead atoms. The van der Waals surface area contributed by atoms with E-state index in [1.807, 2.05) is 42.5 Å². The Hall–Kier alpha value is -3.90. The van der Waals surface area contributed by atoms with E-state index in [-0.39, 0.29) is 30.3 Å². The van der Waals surface area contributed by atoms with Gasteiger partial charge >= 0.3 is 0 Å². The van der Waals surface area contributed by atoms with Crippen molar-refractivity contribution in [2.75, 3.05) is 25.2 Å². The van der Waals surface area contributed by atoms with Crippen molar-refractivity contribution in [1.29, 1.82) is 0 Å². The number of aromatic nitrogens is 1. The number of nitrogens with zero attached hydrogens (tertiary/aromatic N) is 3. The van der Waals surface area contributed by atoms with Gasteiger partial charge in [-0.15, -0.1) is 0 Å². The molecule has 2 amide bonds. The van der Waals surface area contributed by atoms with Crippen molar-refractivity contribution in [2.24, 2.45) is 11.8 Å². The fourth-order valence-corrected chi connectivity index (χ4v) is 6.79. The number of aliphatic hydroxyl groups excluding tert-OH is 4. The van der Waals surface area contributed by atoms with Gasteiger partial charge in [-0.05, 0) is 42.0 Å². The molecule has 6 rings (SSSR count). The molecule has 1 saturated heterocycles. The highest BCUT2D eigenvalue weighted by Gasteiger charge is 2.50. The number of para-hydroxylation sites is 1. The Kier molecular flexibility index (Phi) is 8.62. The summed E-state index contributed by atoms with van der Waals surface area (Å²) in [6.45, 7) is -0.729. The van der Waals surface area contributed by atoms with E-state index < -0.39 is 43.4 Å². The van der Waals surface area contributed by atoms with Gasteiger partial charge in [0.15, 0.2) is 0 Å². The van der Waals surface area contributed by atoms with Crippen molar-refractivity contribution < 1.29 is 34.8 Å². The maximum absolute atomic E-state index is 14.3. The molecule has 234 valence electrons. The van der Waals surface area contributed by atoms with Gasteiger partial charge in [-0.25, -0.2) is 0 Å². The number of methoxy groups -OCH3 is 1. The van der Waals surface area contributed by atoms with Crippen LogP contribution in [0.15, 0.2) is 72.8 Å². The van der Waals surface area contributed by atoms with Crippen LogP contribution in [0.4, 0.5) is 5.69 Å². The monoisotopic (exact) mass is 651 g/mol. The van der Waals surface area contributed by atoms with Crippen molar-refractivity contribution in [2.45, 2.75) is 25.5 Å². The van der Waals surface area contributed by atoms with Gasteiger partial charge in [0.1, 0.15) is 23.9 Å². The zero-order valence-electron chi connectivity index (χ0n) is 24.2. The highest BCUT2D eigenvalue weighted by Crippen LogP contribution is 2.40. The van der Waals surface area contributed by atoms with Gasteiger partial charge in [0, 0.05) is 44.4 Å². The molecular formula is C33H31Cl2N3O7. The van der Waals surface area contributed by atoms with E-state index in [2.05, 4.69) is 0 Å². The van der Waals surface area contributed by atoms with Crippen molar-refractivity contribution in [1.82, 2.24) is 9.47 Å². The van der Waals surface area contributed by atoms with Gasteiger partial charge in [-0.2, -0.15) is 0 Å². The van der Waals surface area contributed by atoms with Crippen molar-refractivity contribution in [3.63, 3.8) is 0 Å². The SMILES string of the molecule is COc1cc(-c2ccccc2Cl)c(Cl)cc1C(=O)N1Cc2ccc(C(=O)N3[C@@H](O)[C@@H](CO)[C@H](CO)[C@@H]3O)n2Cc2ccccc21. The van der Waals surface area contributed by atoms with Crippen LogP contribution in [-0.2, 0) is 13.1 Å². The molecule has 0 radical (unpaired) electrons. The third-order valence-corrected chi connectivity index (χ3v) is 9.33. The molecular weight excluding hydrogens is 621 g/mol. The van der Waals surface area contributed by atoms with Crippen LogP contribution in [-0.4, -0.2) is 74.5 Å². The number of hydrogen-bond donors (Lipinski definition) is 4. The van der Waals surface area contributed by atoms with E-state index in [1.54, 1.807) is 39.8 Å². The quantitative estimate of drug-likeness (QED) is 0.248. The van der Waals surface area contributed by atoms with E-state index in [9.17, 15) is 30.0 Å². The summed E-state index contributed by atoms with van der Waals surface area (Å²) in [5.41, 5.74) is 3.71. The third-order valence-electron chi connectivity index (χ3n) is 8.69. The van der Waals surface area contributed by atoms with Gasteiger partial charge in [-0.3, -0.25) is 14.5 Å². The first-order valence-electron chi connectivity index (χ1n) is 14.3. The molecule has 1 aromatic heterocycles. The number of halogens is 2. The summed E-state index contributed by atoms with van der Waals surface area (Å²) in [5.74, 6) is -2.56. The fraction of sp³-hybridized carbons (Fsp3) is 0.273. The summed E-state index contributed by atoms with van der Waals surface area (Å²) in [5, 5.41) is 41.9. The van der Waals surface area contributed by atoms with E-state index in [1.165, 1.54) is 7.11 Å². The predicted molar refractivity (Wildman–Crippen MR) is 168 cm³/mol. The number of likely N-dealkylation sites (tertiary alicyclic amines) is 1. The summed E-state index contributed by atoms with van der Waals surface area (Å²) >= 11 is 13.2. The smallest absolute Gasteiger partial charge is 0.274 e. The molecule has 3 aromatic carbocycles. The van der Waals surface area contributed by atoms with Gasteiger partial charge in [-0.1, -0.05) is 59.6 Å². The van der Waals surface area contributed by atoms with Crippen LogP contribution in [0.1, 0.15) is 32.1 Å². The Labute approximate surface area is 269 Å². The maximum atomic E-state index is 14.3. The number of rotatable bonds is 6. The number of aliphatic hydroxyl groups is 4. The molecule has 0 aliphatic carbocycles. The lowest BCUT2D eigenvalue weighted by atomic mass is 9.95. The average molecular weight is 653 g/mol. The number of hydrogen-bond acceptors (Lipinski definition) is 7. The van der Waals surface area contributed by atoms with E-state index >= 15 is 0 Å². The largest absolute Gasteiger partial charge is 0.496 e. The second-order valence-corrected chi connectivity index (χ2v) is 11.9. The highest BCUT2D eigenvalue weighted by atomic mass is 35.5. The molecule has 4 N–H and O–H groups in total. The fourth-order valence-electron chi connectivity index (χ4n) is 6.29. The van der Waals surface area contributed by atoms with Crippen LogP contribution >= 0.6 is 23.2 Å². The highest BCUT2D eigenvalue weighted by molar-refractivity contribution is 6.37. The van der Waals surface area contributed by atoms with Crippen LogP contribution in [0, 0.1) is 11.8 Å². The minimum absolute atomic E-state index is 0.0831. The Morgan fingerprint density at radius 3 is 2.16 bits per heavy atom. The Balaban J connectivity index is 1.38. The molecule has 2 aliphatic rings. The first-order valence-corrected chi connectivity index (χ1v) is 15.1. The molecule has 4 atom stereocenters. The van der Waals surface area contributed by atoms with Crippen molar-refractivity contribution in [3.8, 4) is 16.9 Å². The lowest BCUT2D eigenvalue weighted by molar-refractivity contribution is -0.0502. The zero-order chi connectivity index (χ0) is 32.0. The van der Waals surface area contributed by atoms with Gasteiger partial charge in [0.25, 0.3) is 11.8 Å². The summed E-state index contributed by atoms with van der Waals surface area (Å²) in [6, 6.07) is 21.1. The Morgan fingerprint density at radius 2 is 1.49 bits per heavy atom. The van der Waals surface area contributed by atoms with Crippen LogP contribution < -0.4 is 9.64 Å². The molecule has 0 unspecified atom stereocenters. The number of ether oxygens (including phenoxy) is 1. The third kappa shape index (κ3) is 5.27. The number of carbonyl (C=O) groups is 2. The lowest BCUT2D eigenvalue weighted by Gasteiger charge is -2.26. The molecule has 0 spiro atoms. The normalized spacial score (nSPS) is 20.9. The molecule has 1 fully saturated rings. The average Bonchev–Trinajstić information content (AvgIpc) is 3.49. The lowest BCUT2D eigenvalue weighted by Crippen LogP contribution is -2.44. The summed E-state index contributed by atoms with van der Waals surface area (Å²) < 4.78 is 7.40. The van der Waals surface area contributed by atoms with Gasteiger partial charge in [0.05, 0.1) is 39.0 Å². The zero-order valence-corrected chi connectivity index (χ0v) is 25.7. The second-order valence-electron chi connectivity index (χ2n) is 11.1. The first-order chi connectivity index (χ1) is 21.7.